The Morgan fingerprint density at radius 3 is 2.61 bits per heavy atom. The molecule has 0 aliphatic carbocycles. The lowest BCUT2D eigenvalue weighted by Crippen LogP contribution is -2.39. The Morgan fingerprint density at radius 2 is 2.00 bits per heavy atom. The van der Waals surface area contributed by atoms with Gasteiger partial charge in [-0.25, -0.2) is 0 Å². The third kappa shape index (κ3) is 3.68. The van der Waals surface area contributed by atoms with Crippen molar-refractivity contribution in [1.29, 1.82) is 0 Å². The summed E-state index contributed by atoms with van der Waals surface area (Å²) >= 11 is 0. The van der Waals surface area contributed by atoms with Gasteiger partial charge in [0.1, 0.15) is 0 Å². The minimum atomic E-state index is 0.779. The van der Waals surface area contributed by atoms with Gasteiger partial charge in [-0.1, -0.05) is 0 Å². The molecule has 1 saturated heterocycles. The van der Waals surface area contributed by atoms with Crippen molar-refractivity contribution >= 4 is 5.69 Å². The van der Waals surface area contributed by atoms with Crippen molar-refractivity contribution in [3.63, 3.8) is 0 Å². The number of nitrogens with two attached hydrogens (primary N) is 1. The monoisotopic (exact) mass is 248 g/mol. The molecule has 100 valence electrons. The largest absolute Gasteiger partial charge is 0.374 e. The fourth-order valence-electron chi connectivity index (χ4n) is 2.67. The van der Waals surface area contributed by atoms with E-state index in [1.165, 1.54) is 31.6 Å². The van der Waals surface area contributed by atoms with Crippen LogP contribution in [0.2, 0.25) is 0 Å². The van der Waals surface area contributed by atoms with Gasteiger partial charge in [0.25, 0.3) is 0 Å². The molecule has 0 saturated carbocycles. The van der Waals surface area contributed by atoms with Gasteiger partial charge in [0.05, 0.1) is 0 Å². The zero-order valence-electron chi connectivity index (χ0n) is 11.3. The summed E-state index contributed by atoms with van der Waals surface area (Å²) in [4.78, 5) is 8.87. The predicted molar refractivity (Wildman–Crippen MR) is 75.7 cm³/mol. The molecule has 2 heterocycles. The van der Waals surface area contributed by atoms with Crippen molar-refractivity contribution in [2.24, 2.45) is 11.7 Å². The lowest BCUT2D eigenvalue weighted by molar-refractivity contribution is 0.191. The number of aromatic nitrogens is 1. The average Bonchev–Trinajstić information content (AvgIpc) is 2.42. The van der Waals surface area contributed by atoms with Crippen LogP contribution < -0.4 is 10.6 Å². The van der Waals surface area contributed by atoms with Crippen LogP contribution in [-0.4, -0.2) is 49.7 Å². The van der Waals surface area contributed by atoms with Gasteiger partial charge in [0, 0.05) is 44.8 Å². The van der Waals surface area contributed by atoms with Gasteiger partial charge in [-0.3, -0.25) is 4.98 Å². The van der Waals surface area contributed by atoms with Crippen molar-refractivity contribution in [2.45, 2.75) is 12.8 Å². The normalized spacial score (nSPS) is 17.9. The SMILES string of the molecule is CN(CC1CCN(CCN)CC1)c1ccncc1. The van der Waals surface area contributed by atoms with Crippen LogP contribution in [0.3, 0.4) is 0 Å². The van der Waals surface area contributed by atoms with E-state index < -0.39 is 0 Å². The summed E-state index contributed by atoms with van der Waals surface area (Å²) in [6.07, 6.45) is 6.29. The second kappa shape index (κ2) is 6.71. The van der Waals surface area contributed by atoms with Gasteiger partial charge in [0.15, 0.2) is 0 Å². The first-order valence-corrected chi connectivity index (χ1v) is 6.83. The van der Waals surface area contributed by atoms with Crippen molar-refractivity contribution in [2.75, 3.05) is 44.7 Å². The lowest BCUT2D eigenvalue weighted by atomic mass is 9.96. The average molecular weight is 248 g/mol. The third-order valence-electron chi connectivity index (χ3n) is 3.79. The van der Waals surface area contributed by atoms with E-state index in [4.69, 9.17) is 5.73 Å². The second-order valence-corrected chi connectivity index (χ2v) is 5.16. The molecule has 4 heteroatoms. The van der Waals surface area contributed by atoms with Crippen LogP contribution in [-0.2, 0) is 0 Å². The number of nitrogens with zero attached hydrogens (tertiary/aromatic N) is 3. The first kappa shape index (κ1) is 13.3. The molecule has 0 spiro atoms. The van der Waals surface area contributed by atoms with Gasteiger partial charge < -0.3 is 15.5 Å². The topological polar surface area (TPSA) is 45.4 Å². The standard InChI is InChI=1S/C14H24N4/c1-17(14-2-7-16-8-3-14)12-13-4-9-18(10-5-13)11-6-15/h2-3,7-8,13H,4-6,9-12,15H2,1H3. The maximum atomic E-state index is 5.59. The number of anilines is 1. The summed E-state index contributed by atoms with van der Waals surface area (Å²) in [7, 11) is 2.17. The van der Waals surface area contributed by atoms with Gasteiger partial charge in [0.2, 0.25) is 0 Å². The summed E-state index contributed by atoms with van der Waals surface area (Å²) < 4.78 is 0. The molecule has 0 unspecified atom stereocenters. The van der Waals surface area contributed by atoms with E-state index in [1.54, 1.807) is 0 Å². The molecular weight excluding hydrogens is 224 g/mol. The lowest BCUT2D eigenvalue weighted by Gasteiger charge is -2.34. The fourth-order valence-corrected chi connectivity index (χ4v) is 2.67. The molecule has 0 radical (unpaired) electrons. The maximum absolute atomic E-state index is 5.59. The van der Waals surface area contributed by atoms with Crippen LogP contribution >= 0.6 is 0 Å². The molecule has 1 aromatic heterocycles. The zero-order chi connectivity index (χ0) is 12.8. The molecule has 0 amide bonds. The molecule has 4 nitrogen and oxygen atoms in total. The van der Waals surface area contributed by atoms with Crippen LogP contribution in [0.15, 0.2) is 24.5 Å². The molecule has 1 fully saturated rings. The number of rotatable bonds is 5. The van der Waals surface area contributed by atoms with Gasteiger partial charge in [-0.2, -0.15) is 0 Å². The predicted octanol–water partition coefficient (Wildman–Crippen LogP) is 1.19. The Balaban J connectivity index is 1.78. The fraction of sp³-hybridized carbons (Fsp3) is 0.643. The molecule has 0 atom stereocenters. The smallest absolute Gasteiger partial charge is 0.0394 e. The molecule has 1 aliphatic rings. The first-order chi connectivity index (χ1) is 8.79. The van der Waals surface area contributed by atoms with E-state index >= 15 is 0 Å². The number of hydrogen-bond acceptors (Lipinski definition) is 4. The number of piperidine rings is 1. The highest BCUT2D eigenvalue weighted by molar-refractivity contribution is 5.43. The number of hydrogen-bond donors (Lipinski definition) is 1. The third-order valence-corrected chi connectivity index (χ3v) is 3.79. The van der Waals surface area contributed by atoms with Crippen LogP contribution in [0.5, 0.6) is 0 Å². The van der Waals surface area contributed by atoms with Crippen LogP contribution in [0.4, 0.5) is 5.69 Å². The minimum absolute atomic E-state index is 0.779. The summed E-state index contributed by atoms with van der Waals surface area (Å²) in [6, 6.07) is 4.15. The van der Waals surface area contributed by atoms with Crippen LogP contribution in [0, 0.1) is 5.92 Å². The summed E-state index contributed by atoms with van der Waals surface area (Å²) in [5.41, 5.74) is 6.85. The van der Waals surface area contributed by atoms with E-state index in [0.29, 0.717) is 0 Å². The summed E-state index contributed by atoms with van der Waals surface area (Å²) in [6.45, 7) is 5.37. The van der Waals surface area contributed by atoms with Gasteiger partial charge in [-0.05, 0) is 44.0 Å². The Kier molecular flexibility index (Phi) is 4.96. The number of pyridine rings is 1. The highest BCUT2D eigenvalue weighted by Gasteiger charge is 2.19. The minimum Gasteiger partial charge on any atom is -0.374 e. The van der Waals surface area contributed by atoms with Crippen molar-refractivity contribution in [3.8, 4) is 0 Å². The number of likely N-dealkylation sites (tertiary alicyclic amines) is 1. The van der Waals surface area contributed by atoms with Crippen molar-refractivity contribution in [3.05, 3.63) is 24.5 Å². The first-order valence-electron chi connectivity index (χ1n) is 6.83. The Bertz CT molecular complexity index is 333. The maximum Gasteiger partial charge on any atom is 0.0394 e. The van der Waals surface area contributed by atoms with Crippen molar-refractivity contribution in [1.82, 2.24) is 9.88 Å². The van der Waals surface area contributed by atoms with E-state index in [-0.39, 0.29) is 0 Å². The summed E-state index contributed by atoms with van der Waals surface area (Å²) in [5, 5.41) is 0. The highest BCUT2D eigenvalue weighted by Crippen LogP contribution is 2.20. The van der Waals surface area contributed by atoms with Crippen molar-refractivity contribution < 1.29 is 0 Å². The molecule has 1 aromatic rings. The van der Waals surface area contributed by atoms with E-state index in [1.807, 2.05) is 12.4 Å². The molecule has 0 bridgehead atoms. The molecule has 1 aliphatic heterocycles. The second-order valence-electron chi connectivity index (χ2n) is 5.16. The van der Waals surface area contributed by atoms with Gasteiger partial charge >= 0.3 is 0 Å². The molecule has 2 N–H and O–H groups in total. The summed E-state index contributed by atoms with van der Waals surface area (Å²) in [5.74, 6) is 0.803. The molecule has 18 heavy (non-hydrogen) atoms. The van der Waals surface area contributed by atoms with E-state index in [9.17, 15) is 0 Å². The molecule has 2 rings (SSSR count). The van der Waals surface area contributed by atoms with Crippen LogP contribution in [0.1, 0.15) is 12.8 Å². The quantitative estimate of drug-likeness (QED) is 0.850. The Hall–Kier alpha value is -1.13. The van der Waals surface area contributed by atoms with Crippen LogP contribution in [0.25, 0.3) is 0 Å². The zero-order valence-corrected chi connectivity index (χ0v) is 11.3. The van der Waals surface area contributed by atoms with Gasteiger partial charge in [-0.15, -0.1) is 0 Å². The van der Waals surface area contributed by atoms with E-state index in [0.717, 1.165) is 25.6 Å². The molecular formula is C14H24N4. The Morgan fingerprint density at radius 1 is 1.33 bits per heavy atom. The highest BCUT2D eigenvalue weighted by atomic mass is 15.1. The molecule has 0 aromatic carbocycles. The Labute approximate surface area is 110 Å². The van der Waals surface area contributed by atoms with E-state index in [2.05, 4.69) is 34.0 Å².